The molecule has 0 atom stereocenters. The average Bonchev–Trinajstić information content (AvgIpc) is 2.89. The van der Waals surface area contributed by atoms with Gasteiger partial charge in [0.15, 0.2) is 5.75 Å². The van der Waals surface area contributed by atoms with Crippen LogP contribution in [0.15, 0.2) is 36.4 Å². The fourth-order valence-electron chi connectivity index (χ4n) is 5.50. The summed E-state index contributed by atoms with van der Waals surface area (Å²) < 4.78 is 20.2. The molecule has 2 aromatic rings. The van der Waals surface area contributed by atoms with E-state index in [0.29, 0.717) is 18.2 Å². The van der Waals surface area contributed by atoms with Gasteiger partial charge in [0, 0.05) is 6.99 Å². The maximum Gasteiger partial charge on any atom is 0.255 e. The number of benzene rings is 1. The first-order valence-electron chi connectivity index (χ1n) is 14.6. The Morgan fingerprint density at radius 1 is 0.771 bits per heavy atom. The number of pyridine rings is 1. The van der Waals surface area contributed by atoms with E-state index in [4.69, 9.17) is 4.74 Å². The SMILES string of the molecule is CCCCCCCCCCOc1ccc(-c2ccc(C3CCC(CCCCC)CC3)cc2)nc1F.[HH]. The van der Waals surface area contributed by atoms with Crippen LogP contribution < -0.4 is 4.74 Å². The highest BCUT2D eigenvalue weighted by Crippen LogP contribution is 2.38. The van der Waals surface area contributed by atoms with Gasteiger partial charge in [-0.05, 0) is 61.6 Å². The van der Waals surface area contributed by atoms with Crippen LogP contribution in [0.25, 0.3) is 11.3 Å². The van der Waals surface area contributed by atoms with Gasteiger partial charge in [-0.25, -0.2) is 4.98 Å². The summed E-state index contributed by atoms with van der Waals surface area (Å²) in [5.74, 6) is 1.36. The van der Waals surface area contributed by atoms with Gasteiger partial charge in [0.2, 0.25) is 0 Å². The largest absolute Gasteiger partial charge is 0.489 e. The monoisotopic (exact) mass is 483 g/mol. The van der Waals surface area contributed by atoms with E-state index < -0.39 is 5.95 Å². The molecule has 1 aliphatic carbocycles. The normalized spacial score (nSPS) is 18.0. The van der Waals surface area contributed by atoms with Crippen LogP contribution in [0.3, 0.4) is 0 Å². The fourth-order valence-corrected chi connectivity index (χ4v) is 5.50. The van der Waals surface area contributed by atoms with Gasteiger partial charge in [0.1, 0.15) is 0 Å². The minimum Gasteiger partial charge on any atom is -0.489 e. The maximum atomic E-state index is 14.6. The first-order chi connectivity index (χ1) is 17.2. The minimum absolute atomic E-state index is 0. The second-order valence-electron chi connectivity index (χ2n) is 10.6. The first-order valence-corrected chi connectivity index (χ1v) is 14.6. The lowest BCUT2D eigenvalue weighted by molar-refractivity contribution is 0.286. The summed E-state index contributed by atoms with van der Waals surface area (Å²) in [6, 6.07) is 12.3. The van der Waals surface area contributed by atoms with Crippen molar-refractivity contribution in [2.45, 2.75) is 122 Å². The Balaban J connectivity index is 0.00000456. The third-order valence-electron chi connectivity index (χ3n) is 7.81. The molecule has 0 spiro atoms. The molecule has 0 saturated heterocycles. The zero-order chi connectivity index (χ0) is 24.7. The minimum atomic E-state index is -0.507. The fraction of sp³-hybridized carbons (Fsp3) is 0.656. The molecule has 0 bridgehead atoms. The molecule has 0 amide bonds. The average molecular weight is 484 g/mol. The molecular formula is C32H50FNO. The Kier molecular flexibility index (Phi) is 12.6. The van der Waals surface area contributed by atoms with Gasteiger partial charge in [-0.15, -0.1) is 0 Å². The lowest BCUT2D eigenvalue weighted by atomic mass is 9.77. The summed E-state index contributed by atoms with van der Waals surface area (Å²) in [4.78, 5) is 4.20. The number of halogens is 1. The quantitative estimate of drug-likeness (QED) is 0.175. The third-order valence-corrected chi connectivity index (χ3v) is 7.81. The molecule has 2 nitrogen and oxygen atoms in total. The molecule has 1 aliphatic rings. The lowest BCUT2D eigenvalue weighted by Gasteiger charge is -2.29. The molecule has 1 heterocycles. The Morgan fingerprint density at radius 3 is 2.06 bits per heavy atom. The van der Waals surface area contributed by atoms with E-state index in [0.717, 1.165) is 24.3 Å². The lowest BCUT2D eigenvalue weighted by Crippen LogP contribution is -2.13. The first kappa shape index (κ1) is 27.7. The predicted molar refractivity (Wildman–Crippen MR) is 149 cm³/mol. The van der Waals surface area contributed by atoms with Crippen molar-refractivity contribution in [3.8, 4) is 17.0 Å². The summed E-state index contributed by atoms with van der Waals surface area (Å²) in [7, 11) is 0. The number of hydrogen-bond donors (Lipinski definition) is 0. The van der Waals surface area contributed by atoms with E-state index in [1.54, 1.807) is 6.07 Å². The summed E-state index contributed by atoms with van der Waals surface area (Å²) in [5, 5.41) is 0. The van der Waals surface area contributed by atoms with Crippen LogP contribution in [0.2, 0.25) is 0 Å². The number of unbranched alkanes of at least 4 members (excludes halogenated alkanes) is 9. The van der Waals surface area contributed by atoms with E-state index >= 15 is 0 Å². The smallest absolute Gasteiger partial charge is 0.255 e. The van der Waals surface area contributed by atoms with E-state index in [1.165, 1.54) is 95.5 Å². The van der Waals surface area contributed by atoms with E-state index in [1.807, 2.05) is 6.07 Å². The van der Waals surface area contributed by atoms with Crippen molar-refractivity contribution in [1.29, 1.82) is 0 Å². The molecule has 0 radical (unpaired) electrons. The highest BCUT2D eigenvalue weighted by molar-refractivity contribution is 5.60. The second-order valence-corrected chi connectivity index (χ2v) is 10.6. The Labute approximate surface area is 215 Å². The van der Waals surface area contributed by atoms with Gasteiger partial charge in [-0.3, -0.25) is 0 Å². The van der Waals surface area contributed by atoms with Gasteiger partial charge < -0.3 is 4.74 Å². The highest BCUT2D eigenvalue weighted by atomic mass is 19.1. The zero-order valence-electron chi connectivity index (χ0n) is 22.4. The zero-order valence-corrected chi connectivity index (χ0v) is 22.4. The highest BCUT2D eigenvalue weighted by Gasteiger charge is 2.22. The van der Waals surface area contributed by atoms with Crippen LogP contribution in [-0.4, -0.2) is 11.6 Å². The Hall–Kier alpha value is -1.90. The van der Waals surface area contributed by atoms with Gasteiger partial charge in [0.05, 0.1) is 12.3 Å². The van der Waals surface area contributed by atoms with Crippen molar-refractivity contribution in [1.82, 2.24) is 4.98 Å². The predicted octanol–water partition coefficient (Wildman–Crippen LogP) is 10.5. The van der Waals surface area contributed by atoms with Crippen molar-refractivity contribution >= 4 is 0 Å². The molecule has 3 heteroatoms. The molecular weight excluding hydrogens is 433 g/mol. The summed E-state index contributed by atoms with van der Waals surface area (Å²) in [6.45, 7) is 5.09. The Bertz CT molecular complexity index is 833. The van der Waals surface area contributed by atoms with Crippen LogP contribution in [0.5, 0.6) is 5.75 Å². The van der Waals surface area contributed by atoms with Crippen LogP contribution in [-0.2, 0) is 0 Å². The number of ether oxygens (including phenoxy) is 1. The number of nitrogens with zero attached hydrogens (tertiary/aromatic N) is 1. The number of rotatable bonds is 16. The van der Waals surface area contributed by atoms with Crippen molar-refractivity contribution in [3.63, 3.8) is 0 Å². The molecule has 196 valence electrons. The van der Waals surface area contributed by atoms with Crippen LogP contribution in [0.1, 0.15) is 129 Å². The van der Waals surface area contributed by atoms with Crippen LogP contribution in [0.4, 0.5) is 4.39 Å². The van der Waals surface area contributed by atoms with Crippen molar-refractivity contribution in [2.24, 2.45) is 5.92 Å². The molecule has 0 N–H and O–H groups in total. The van der Waals surface area contributed by atoms with Gasteiger partial charge in [-0.1, -0.05) is 109 Å². The molecule has 1 saturated carbocycles. The topological polar surface area (TPSA) is 22.1 Å². The van der Waals surface area contributed by atoms with E-state index in [9.17, 15) is 4.39 Å². The van der Waals surface area contributed by atoms with E-state index in [-0.39, 0.29) is 7.18 Å². The molecule has 35 heavy (non-hydrogen) atoms. The summed E-state index contributed by atoms with van der Waals surface area (Å²) in [5.41, 5.74) is 3.06. The molecule has 3 rings (SSSR count). The standard InChI is InChI=1S/C32H48FNO.H2/c1-3-5-7-8-9-10-11-13-25-35-31-24-23-30(34-32(31)33)29-21-19-28(20-22-29)27-17-15-26(16-18-27)14-12-6-4-2;/h19-24,26-27H,3-18,25H2,1-2H3;1H. The van der Waals surface area contributed by atoms with Crippen molar-refractivity contribution < 1.29 is 10.6 Å². The second kappa shape index (κ2) is 16.0. The number of hydrogen-bond acceptors (Lipinski definition) is 2. The summed E-state index contributed by atoms with van der Waals surface area (Å²) in [6.07, 6.45) is 20.8. The van der Waals surface area contributed by atoms with Gasteiger partial charge in [0.25, 0.3) is 5.95 Å². The molecule has 1 fully saturated rings. The molecule has 0 aliphatic heterocycles. The summed E-state index contributed by atoms with van der Waals surface area (Å²) >= 11 is 0. The Morgan fingerprint density at radius 2 is 1.40 bits per heavy atom. The molecule has 0 unspecified atom stereocenters. The maximum absolute atomic E-state index is 14.6. The van der Waals surface area contributed by atoms with E-state index in [2.05, 4.69) is 43.1 Å². The van der Waals surface area contributed by atoms with Crippen LogP contribution in [0, 0.1) is 11.9 Å². The molecule has 1 aromatic carbocycles. The number of aromatic nitrogens is 1. The van der Waals surface area contributed by atoms with Crippen molar-refractivity contribution in [2.75, 3.05) is 6.61 Å². The molecule has 1 aromatic heterocycles. The third kappa shape index (κ3) is 9.58. The van der Waals surface area contributed by atoms with Gasteiger partial charge in [-0.2, -0.15) is 4.39 Å². The van der Waals surface area contributed by atoms with Crippen LogP contribution >= 0.6 is 0 Å². The van der Waals surface area contributed by atoms with Crippen molar-refractivity contribution in [3.05, 3.63) is 47.9 Å². The van der Waals surface area contributed by atoms with Gasteiger partial charge >= 0.3 is 0 Å².